The van der Waals surface area contributed by atoms with E-state index in [4.69, 9.17) is 9.15 Å². The third-order valence-electron chi connectivity index (χ3n) is 2.05. The van der Waals surface area contributed by atoms with Crippen LogP contribution in [0.4, 0.5) is 0 Å². The summed E-state index contributed by atoms with van der Waals surface area (Å²) in [5.74, 6) is -1.62. The van der Waals surface area contributed by atoms with Crippen molar-refractivity contribution >= 4 is 11.9 Å². The first-order valence-corrected chi connectivity index (χ1v) is 5.51. The molecule has 0 fully saturated rings. The Kier molecular flexibility index (Phi) is 4.11. The largest absolute Gasteiger partial charge is 0.464 e. The Morgan fingerprint density at radius 1 is 1.39 bits per heavy atom. The Morgan fingerprint density at radius 2 is 2.00 bits per heavy atom. The molecule has 1 aromatic rings. The molecule has 6 nitrogen and oxygen atoms in total. The minimum absolute atomic E-state index is 0.0305. The molecule has 0 bridgehead atoms. The van der Waals surface area contributed by atoms with Gasteiger partial charge in [-0.3, -0.25) is 4.79 Å². The highest BCUT2D eigenvalue weighted by Gasteiger charge is 2.27. The second-order valence-corrected chi connectivity index (χ2v) is 4.82. The van der Waals surface area contributed by atoms with Gasteiger partial charge in [-0.05, 0) is 27.7 Å². The van der Waals surface area contributed by atoms with Crippen LogP contribution in [-0.4, -0.2) is 29.6 Å². The molecule has 0 saturated heterocycles. The lowest BCUT2D eigenvalue weighted by Crippen LogP contribution is -2.27. The number of nitrogens with zero attached hydrogens (tertiary/aromatic N) is 1. The molecular weight excluding hydrogens is 238 g/mol. The summed E-state index contributed by atoms with van der Waals surface area (Å²) in [6.07, 6.45) is 1.15. The van der Waals surface area contributed by atoms with E-state index >= 15 is 0 Å². The van der Waals surface area contributed by atoms with Gasteiger partial charge in [0.25, 0.3) is 0 Å². The molecule has 0 amide bonds. The van der Waals surface area contributed by atoms with E-state index in [2.05, 4.69) is 9.72 Å². The van der Waals surface area contributed by atoms with Gasteiger partial charge in [0.1, 0.15) is 17.8 Å². The van der Waals surface area contributed by atoms with E-state index in [9.17, 15) is 9.59 Å². The number of rotatable bonds is 3. The van der Waals surface area contributed by atoms with Crippen molar-refractivity contribution in [3.05, 3.63) is 17.8 Å². The first-order chi connectivity index (χ1) is 8.24. The first kappa shape index (κ1) is 14.2. The van der Waals surface area contributed by atoms with Crippen molar-refractivity contribution in [2.24, 2.45) is 0 Å². The highest BCUT2D eigenvalue weighted by molar-refractivity contribution is 5.87. The molecule has 18 heavy (non-hydrogen) atoms. The van der Waals surface area contributed by atoms with E-state index in [-0.39, 0.29) is 11.6 Å². The van der Waals surface area contributed by atoms with Crippen molar-refractivity contribution in [2.45, 2.75) is 39.2 Å². The van der Waals surface area contributed by atoms with E-state index in [1.807, 2.05) is 0 Å². The summed E-state index contributed by atoms with van der Waals surface area (Å²) in [5.41, 5.74) is -0.550. The zero-order valence-electron chi connectivity index (χ0n) is 11.1. The van der Waals surface area contributed by atoms with Gasteiger partial charge < -0.3 is 13.9 Å². The van der Waals surface area contributed by atoms with Crippen LogP contribution in [0, 0.1) is 0 Å². The lowest BCUT2D eigenvalue weighted by atomic mass is 10.1. The predicted octanol–water partition coefficient (Wildman–Crippen LogP) is 1.91. The molecule has 0 aliphatic carbocycles. The number of ether oxygens (including phenoxy) is 2. The van der Waals surface area contributed by atoms with Crippen LogP contribution in [0.3, 0.4) is 0 Å². The summed E-state index contributed by atoms with van der Waals surface area (Å²) in [6.45, 7) is 6.91. The third kappa shape index (κ3) is 3.58. The van der Waals surface area contributed by atoms with E-state index in [0.717, 1.165) is 6.26 Å². The number of methoxy groups -OCH3 is 1. The molecule has 0 unspecified atom stereocenters. The third-order valence-corrected chi connectivity index (χ3v) is 2.05. The van der Waals surface area contributed by atoms with Crippen molar-refractivity contribution in [3.8, 4) is 0 Å². The number of carbonyl (C=O) groups excluding carboxylic acids is 2. The fourth-order valence-electron chi connectivity index (χ4n) is 1.18. The minimum atomic E-state index is -0.678. The Hall–Kier alpha value is -1.85. The number of aromatic nitrogens is 1. The predicted molar refractivity (Wildman–Crippen MR) is 62.1 cm³/mol. The van der Waals surface area contributed by atoms with E-state index in [0.29, 0.717) is 0 Å². The number of hydrogen-bond donors (Lipinski definition) is 0. The van der Waals surface area contributed by atoms with E-state index < -0.39 is 23.5 Å². The molecular formula is C12H17NO5. The van der Waals surface area contributed by atoms with Crippen LogP contribution in [0.25, 0.3) is 0 Å². The second-order valence-electron chi connectivity index (χ2n) is 4.82. The molecule has 0 aromatic carbocycles. The van der Waals surface area contributed by atoms with Crippen LogP contribution in [0.5, 0.6) is 0 Å². The normalized spacial score (nSPS) is 12.9. The van der Waals surface area contributed by atoms with E-state index in [1.54, 1.807) is 27.7 Å². The van der Waals surface area contributed by atoms with Gasteiger partial charge in [-0.25, -0.2) is 9.78 Å². The van der Waals surface area contributed by atoms with Crippen molar-refractivity contribution in [2.75, 3.05) is 7.11 Å². The second kappa shape index (κ2) is 5.20. The van der Waals surface area contributed by atoms with E-state index in [1.165, 1.54) is 7.11 Å². The molecule has 1 rings (SSSR count). The number of oxazole rings is 1. The van der Waals surface area contributed by atoms with Crippen LogP contribution in [-0.2, 0) is 14.3 Å². The zero-order valence-corrected chi connectivity index (χ0v) is 11.1. The quantitative estimate of drug-likeness (QED) is 0.767. The van der Waals surface area contributed by atoms with Crippen LogP contribution in [0.15, 0.2) is 10.7 Å². The first-order valence-electron chi connectivity index (χ1n) is 5.51. The molecule has 1 heterocycles. The molecule has 0 radical (unpaired) electrons. The van der Waals surface area contributed by atoms with Gasteiger partial charge in [-0.1, -0.05) is 0 Å². The molecule has 0 spiro atoms. The standard InChI is InChI=1S/C12H17NO5/c1-7(10(14)18-12(2,3)4)9-13-8(6-17-9)11(15)16-5/h6-7H,1-5H3/t7-/m1/s1. The van der Waals surface area contributed by atoms with Crippen molar-refractivity contribution < 1.29 is 23.5 Å². The summed E-state index contributed by atoms with van der Waals surface area (Å²) in [6, 6.07) is 0. The van der Waals surface area contributed by atoms with Gasteiger partial charge in [0.05, 0.1) is 7.11 Å². The molecule has 0 saturated carbocycles. The Morgan fingerprint density at radius 3 is 2.50 bits per heavy atom. The van der Waals surface area contributed by atoms with Crippen molar-refractivity contribution in [1.29, 1.82) is 0 Å². The van der Waals surface area contributed by atoms with Gasteiger partial charge in [0.15, 0.2) is 5.69 Å². The number of carbonyl (C=O) groups is 2. The summed E-state index contributed by atoms with van der Waals surface area (Å²) in [5, 5.41) is 0. The summed E-state index contributed by atoms with van der Waals surface area (Å²) >= 11 is 0. The monoisotopic (exact) mass is 255 g/mol. The maximum atomic E-state index is 11.8. The lowest BCUT2D eigenvalue weighted by Gasteiger charge is -2.21. The van der Waals surface area contributed by atoms with Gasteiger partial charge >= 0.3 is 11.9 Å². The highest BCUT2D eigenvalue weighted by atomic mass is 16.6. The fourth-order valence-corrected chi connectivity index (χ4v) is 1.18. The Labute approximate surface area is 105 Å². The van der Waals surface area contributed by atoms with Gasteiger partial charge in [0.2, 0.25) is 5.89 Å². The fraction of sp³-hybridized carbons (Fsp3) is 0.583. The average Bonchev–Trinajstić information content (AvgIpc) is 2.73. The zero-order chi connectivity index (χ0) is 13.9. The maximum absolute atomic E-state index is 11.8. The number of esters is 2. The summed E-state index contributed by atoms with van der Waals surface area (Å²) in [7, 11) is 1.24. The molecule has 1 aromatic heterocycles. The topological polar surface area (TPSA) is 78.6 Å². The molecule has 1 atom stereocenters. The SMILES string of the molecule is COC(=O)c1coc([C@@H](C)C(=O)OC(C)(C)C)n1. The minimum Gasteiger partial charge on any atom is -0.464 e. The number of hydrogen-bond acceptors (Lipinski definition) is 6. The lowest BCUT2D eigenvalue weighted by molar-refractivity contribution is -0.156. The molecule has 6 heteroatoms. The Bertz CT molecular complexity index is 444. The molecule has 0 aliphatic rings. The van der Waals surface area contributed by atoms with Crippen LogP contribution in [0.1, 0.15) is 50.0 Å². The van der Waals surface area contributed by atoms with Gasteiger partial charge in [0, 0.05) is 0 Å². The molecule has 0 aliphatic heterocycles. The van der Waals surface area contributed by atoms with Crippen LogP contribution < -0.4 is 0 Å². The Balaban J connectivity index is 2.78. The highest BCUT2D eigenvalue weighted by Crippen LogP contribution is 2.20. The average molecular weight is 255 g/mol. The van der Waals surface area contributed by atoms with Gasteiger partial charge in [-0.2, -0.15) is 0 Å². The van der Waals surface area contributed by atoms with Gasteiger partial charge in [-0.15, -0.1) is 0 Å². The summed E-state index contributed by atoms with van der Waals surface area (Å²) in [4.78, 5) is 26.8. The molecule has 100 valence electrons. The molecule has 0 N–H and O–H groups in total. The van der Waals surface area contributed by atoms with Crippen molar-refractivity contribution in [1.82, 2.24) is 4.98 Å². The van der Waals surface area contributed by atoms with Crippen molar-refractivity contribution in [3.63, 3.8) is 0 Å². The smallest absolute Gasteiger partial charge is 0.360 e. The van der Waals surface area contributed by atoms with Crippen LogP contribution >= 0.6 is 0 Å². The summed E-state index contributed by atoms with van der Waals surface area (Å²) < 4.78 is 14.8. The van der Waals surface area contributed by atoms with Crippen LogP contribution in [0.2, 0.25) is 0 Å². The maximum Gasteiger partial charge on any atom is 0.360 e.